The van der Waals surface area contributed by atoms with E-state index in [-0.39, 0.29) is 19.1 Å². The smallest absolute Gasteiger partial charge is 0.410 e. The zero-order chi connectivity index (χ0) is 28.3. The summed E-state index contributed by atoms with van der Waals surface area (Å²) >= 11 is 0. The first-order chi connectivity index (χ1) is 18.6. The molecule has 0 saturated carbocycles. The Balaban J connectivity index is 1.39. The lowest BCUT2D eigenvalue weighted by Gasteiger charge is -2.33. The first kappa shape index (κ1) is 30.0. The van der Waals surface area contributed by atoms with Gasteiger partial charge in [0.1, 0.15) is 18.0 Å². The summed E-state index contributed by atoms with van der Waals surface area (Å²) in [5.41, 5.74) is 1.11. The van der Waals surface area contributed by atoms with Crippen molar-refractivity contribution in [3.05, 3.63) is 65.7 Å². The van der Waals surface area contributed by atoms with E-state index >= 15 is 0 Å². The molecule has 1 aliphatic heterocycles. The number of rotatable bonds is 13. The quantitative estimate of drug-likeness (QED) is 0.215. The summed E-state index contributed by atoms with van der Waals surface area (Å²) in [7, 11) is 0. The number of aliphatic carboxylic acids is 1. The molecule has 9 nitrogen and oxygen atoms in total. The summed E-state index contributed by atoms with van der Waals surface area (Å²) in [4.78, 5) is 42.9. The molecular formula is C30H40N2O7. The SMILES string of the molecule is CC(C)(C)OC(=O)N1CCC(CCCOc2ccc(CC(C(=O)O)N(C=O)OCc3ccccc3)cc2)CC1. The van der Waals surface area contributed by atoms with E-state index in [0.717, 1.165) is 55.0 Å². The summed E-state index contributed by atoms with van der Waals surface area (Å²) in [6.45, 7) is 7.75. The lowest BCUT2D eigenvalue weighted by atomic mass is 9.92. The van der Waals surface area contributed by atoms with Crippen molar-refractivity contribution in [2.45, 2.75) is 71.1 Å². The highest BCUT2D eigenvalue weighted by atomic mass is 16.7. The summed E-state index contributed by atoms with van der Waals surface area (Å²) in [5.74, 6) is 0.123. The number of carboxylic acid groups (broad SMARTS) is 1. The molecule has 1 saturated heterocycles. The van der Waals surface area contributed by atoms with Gasteiger partial charge in [-0.25, -0.2) is 14.7 Å². The Labute approximate surface area is 230 Å². The molecule has 2 amide bonds. The van der Waals surface area contributed by atoms with Crippen LogP contribution in [0.4, 0.5) is 4.79 Å². The molecule has 1 N–H and O–H groups in total. The number of hydrogen-bond acceptors (Lipinski definition) is 6. The first-order valence-electron chi connectivity index (χ1n) is 13.5. The molecule has 1 fully saturated rings. The van der Waals surface area contributed by atoms with Crippen LogP contribution in [0.5, 0.6) is 5.75 Å². The molecule has 0 aliphatic carbocycles. The predicted molar refractivity (Wildman–Crippen MR) is 146 cm³/mol. The van der Waals surface area contributed by atoms with E-state index in [1.54, 1.807) is 17.0 Å². The standard InChI is InChI=1S/C30H40N2O7/c1-30(2,3)39-29(36)31-17-15-23(16-18-31)10-7-19-37-26-13-11-24(12-14-26)20-27(28(34)35)32(22-33)38-21-25-8-5-4-6-9-25/h4-6,8-9,11-14,22-23,27H,7,10,15-21H2,1-3H3,(H,34,35). The summed E-state index contributed by atoms with van der Waals surface area (Å²) in [6.07, 6.45) is 4.14. The van der Waals surface area contributed by atoms with Crippen molar-refractivity contribution in [1.82, 2.24) is 9.96 Å². The molecule has 0 bridgehead atoms. The molecular weight excluding hydrogens is 500 g/mol. The van der Waals surface area contributed by atoms with Gasteiger partial charge in [0.25, 0.3) is 0 Å². The van der Waals surface area contributed by atoms with Crippen molar-refractivity contribution in [3.63, 3.8) is 0 Å². The second-order valence-corrected chi connectivity index (χ2v) is 10.8. The van der Waals surface area contributed by atoms with Gasteiger partial charge in [0, 0.05) is 19.5 Å². The van der Waals surface area contributed by atoms with Crippen LogP contribution in [0.2, 0.25) is 0 Å². The molecule has 0 spiro atoms. The van der Waals surface area contributed by atoms with E-state index in [1.807, 2.05) is 63.2 Å². The summed E-state index contributed by atoms with van der Waals surface area (Å²) < 4.78 is 11.3. The molecule has 9 heteroatoms. The van der Waals surface area contributed by atoms with Gasteiger partial charge in [-0.05, 0) is 75.6 Å². The monoisotopic (exact) mass is 540 g/mol. The minimum Gasteiger partial charge on any atom is -0.494 e. The van der Waals surface area contributed by atoms with Crippen LogP contribution in [0.15, 0.2) is 54.6 Å². The van der Waals surface area contributed by atoms with Crippen LogP contribution < -0.4 is 4.74 Å². The number of nitrogens with zero attached hydrogens (tertiary/aromatic N) is 2. The first-order valence-corrected chi connectivity index (χ1v) is 13.5. The Hall–Kier alpha value is -3.59. The third-order valence-electron chi connectivity index (χ3n) is 6.56. The van der Waals surface area contributed by atoms with E-state index in [4.69, 9.17) is 14.3 Å². The van der Waals surface area contributed by atoms with Gasteiger partial charge in [0.15, 0.2) is 6.04 Å². The number of carboxylic acids is 1. The van der Waals surface area contributed by atoms with Crippen molar-refractivity contribution in [2.24, 2.45) is 5.92 Å². The van der Waals surface area contributed by atoms with Crippen molar-refractivity contribution < 1.29 is 33.8 Å². The van der Waals surface area contributed by atoms with E-state index in [2.05, 4.69) is 0 Å². The van der Waals surface area contributed by atoms with Gasteiger partial charge in [0.2, 0.25) is 6.41 Å². The molecule has 1 atom stereocenters. The maximum Gasteiger partial charge on any atom is 0.410 e. The van der Waals surface area contributed by atoms with Crippen LogP contribution in [-0.4, -0.2) is 64.9 Å². The Morgan fingerprint density at radius 2 is 1.72 bits per heavy atom. The van der Waals surface area contributed by atoms with Crippen molar-refractivity contribution in [3.8, 4) is 5.75 Å². The van der Waals surface area contributed by atoms with Crippen LogP contribution in [0.1, 0.15) is 57.6 Å². The largest absolute Gasteiger partial charge is 0.494 e. The van der Waals surface area contributed by atoms with Crippen molar-refractivity contribution in [1.29, 1.82) is 0 Å². The second-order valence-electron chi connectivity index (χ2n) is 10.8. The van der Waals surface area contributed by atoms with Crippen LogP contribution in [-0.2, 0) is 32.2 Å². The average Bonchev–Trinajstić information content (AvgIpc) is 2.91. The van der Waals surface area contributed by atoms with Crippen LogP contribution in [0.25, 0.3) is 0 Å². The van der Waals surface area contributed by atoms with Gasteiger partial charge < -0.3 is 19.5 Å². The highest BCUT2D eigenvalue weighted by Crippen LogP contribution is 2.24. The van der Waals surface area contributed by atoms with Crippen LogP contribution in [0.3, 0.4) is 0 Å². The number of piperidine rings is 1. The highest BCUT2D eigenvalue weighted by molar-refractivity contribution is 5.76. The maximum absolute atomic E-state index is 12.2. The Morgan fingerprint density at radius 1 is 1.05 bits per heavy atom. The van der Waals surface area contributed by atoms with Crippen molar-refractivity contribution in [2.75, 3.05) is 19.7 Å². The van der Waals surface area contributed by atoms with Crippen LogP contribution >= 0.6 is 0 Å². The number of benzene rings is 2. The zero-order valence-corrected chi connectivity index (χ0v) is 23.1. The molecule has 2 aromatic rings. The zero-order valence-electron chi connectivity index (χ0n) is 23.1. The Kier molecular flexibility index (Phi) is 11.2. The molecule has 2 aromatic carbocycles. The van der Waals surface area contributed by atoms with E-state index < -0.39 is 17.6 Å². The van der Waals surface area contributed by atoms with Crippen LogP contribution in [0, 0.1) is 5.92 Å². The number of amides is 2. The predicted octanol–water partition coefficient (Wildman–Crippen LogP) is 5.08. The van der Waals surface area contributed by atoms with Gasteiger partial charge in [-0.15, -0.1) is 0 Å². The maximum atomic E-state index is 12.2. The highest BCUT2D eigenvalue weighted by Gasteiger charge is 2.27. The van der Waals surface area contributed by atoms with E-state index in [9.17, 15) is 19.5 Å². The molecule has 0 radical (unpaired) electrons. The van der Waals surface area contributed by atoms with Crippen molar-refractivity contribution >= 4 is 18.5 Å². The lowest BCUT2D eigenvalue weighted by molar-refractivity contribution is -0.200. The number of hydroxylamine groups is 2. The normalized spacial score (nSPS) is 14.9. The third-order valence-corrected chi connectivity index (χ3v) is 6.56. The molecule has 1 unspecified atom stereocenters. The second kappa shape index (κ2) is 14.5. The summed E-state index contributed by atoms with van der Waals surface area (Å²) in [5, 5.41) is 10.6. The fourth-order valence-corrected chi connectivity index (χ4v) is 4.44. The molecule has 0 aromatic heterocycles. The topological polar surface area (TPSA) is 106 Å². The average molecular weight is 541 g/mol. The van der Waals surface area contributed by atoms with Gasteiger partial charge in [-0.1, -0.05) is 42.5 Å². The minimum absolute atomic E-state index is 0.0962. The number of hydrogen-bond donors (Lipinski definition) is 1. The number of likely N-dealkylation sites (tertiary alicyclic amines) is 1. The van der Waals surface area contributed by atoms with E-state index in [1.165, 1.54) is 0 Å². The fourth-order valence-electron chi connectivity index (χ4n) is 4.44. The molecule has 1 aliphatic rings. The Morgan fingerprint density at radius 3 is 2.31 bits per heavy atom. The van der Waals surface area contributed by atoms with E-state index in [0.29, 0.717) is 24.7 Å². The molecule has 212 valence electrons. The molecule has 3 rings (SSSR count). The number of carbonyl (C=O) groups excluding carboxylic acids is 2. The molecule has 1 heterocycles. The fraction of sp³-hybridized carbons (Fsp3) is 0.500. The van der Waals surface area contributed by atoms with Gasteiger partial charge in [-0.3, -0.25) is 9.63 Å². The van der Waals surface area contributed by atoms with Gasteiger partial charge >= 0.3 is 12.1 Å². The van der Waals surface area contributed by atoms with Gasteiger partial charge in [-0.2, -0.15) is 0 Å². The van der Waals surface area contributed by atoms with Gasteiger partial charge in [0.05, 0.1) is 6.61 Å². The number of carbonyl (C=O) groups is 3. The number of ether oxygens (including phenoxy) is 2. The lowest BCUT2D eigenvalue weighted by Crippen LogP contribution is -2.41. The summed E-state index contributed by atoms with van der Waals surface area (Å²) in [6, 6.07) is 15.3. The Bertz CT molecular complexity index is 1050. The third kappa shape index (κ3) is 10.2. The molecule has 39 heavy (non-hydrogen) atoms. The minimum atomic E-state index is -1.15.